The van der Waals surface area contributed by atoms with E-state index in [2.05, 4.69) is 70.8 Å². The van der Waals surface area contributed by atoms with Crippen molar-refractivity contribution in [1.29, 1.82) is 0 Å². The number of benzene rings is 3. The molecule has 8 rings (SSSR count). The number of imidazole rings is 2. The van der Waals surface area contributed by atoms with Crippen molar-refractivity contribution in [2.75, 3.05) is 14.2 Å². The van der Waals surface area contributed by atoms with Gasteiger partial charge in [-0.1, -0.05) is 45.4 Å². The van der Waals surface area contributed by atoms with Crippen LogP contribution in [0.25, 0.3) is 44.2 Å². The fraction of sp³-hybridized carbons (Fsp3) is 0.529. The lowest BCUT2D eigenvalue weighted by atomic mass is 9.85. The highest BCUT2D eigenvalue weighted by atomic mass is 16.5. The zero-order valence-electron chi connectivity index (χ0n) is 40.4. The Balaban J connectivity index is 1.04. The highest BCUT2D eigenvalue weighted by Gasteiger charge is 2.44. The Morgan fingerprint density at radius 1 is 0.910 bits per heavy atom. The summed E-state index contributed by atoms with van der Waals surface area (Å²) in [6, 6.07) is 12.3. The molecule has 3 aromatic carbocycles. The van der Waals surface area contributed by atoms with Crippen LogP contribution < -0.4 is 15.4 Å². The van der Waals surface area contributed by atoms with Gasteiger partial charge in [0.15, 0.2) is 0 Å². The van der Waals surface area contributed by atoms with Crippen molar-refractivity contribution in [2.24, 2.45) is 11.8 Å². The van der Waals surface area contributed by atoms with Gasteiger partial charge in [0.25, 0.3) is 0 Å². The van der Waals surface area contributed by atoms with Crippen molar-refractivity contribution in [3.63, 3.8) is 0 Å². The van der Waals surface area contributed by atoms with E-state index < -0.39 is 30.3 Å². The number of likely N-dealkylation sites (tertiary alicyclic amines) is 1. The molecule has 3 unspecified atom stereocenters. The van der Waals surface area contributed by atoms with E-state index in [0.29, 0.717) is 31.1 Å². The van der Waals surface area contributed by atoms with E-state index in [1.165, 1.54) is 14.2 Å². The van der Waals surface area contributed by atoms with Gasteiger partial charge in [-0.15, -0.1) is 0 Å². The van der Waals surface area contributed by atoms with Crippen LogP contribution in [0, 0.1) is 11.8 Å². The van der Waals surface area contributed by atoms with Crippen LogP contribution in [0.2, 0.25) is 0 Å². The standard InChI is InChI=1S/C51H66N8O8/c1-11-12-27(4)58(48(60)43(26(2)3)56-50(62)64-9)31(8)46-53-39-17-15-32-22-38-36-16-14-33(21-35(36)25-66-42(38)23-37(32)45(39)55-46)40-24-52-47(54-40)41-18-13-28(5)59(41)49(61)44(57-51(63)65-10)34-19-29(6)67-30(7)20-34/h14-17,21-24,26-31,34,41,43-44H,11-13,18-20,25H2,1-10H3,(H,52,54)(H,53,55)(H,56,62)(H,57,63)/t27-,28-,29+,30?,31-,34?,41-,43-,44?/m0/s1. The molecule has 2 saturated heterocycles. The quantitative estimate of drug-likeness (QED) is 0.0885. The fourth-order valence-corrected chi connectivity index (χ4v) is 10.7. The molecule has 67 heavy (non-hydrogen) atoms. The zero-order chi connectivity index (χ0) is 47.8. The molecule has 2 aromatic heterocycles. The largest absolute Gasteiger partial charge is 0.488 e. The Labute approximate surface area is 392 Å². The SMILES string of the molecule is CCC[C@H](C)N(C(=O)[C@@H](NC(=O)OC)C(C)C)[C@@H](C)c1nc2ccc3cc4c(cc3c2[nH]1)OCc1cc(-c2cnc([C@@H]3CC[C@H](C)N3C(=O)C(NC(=O)OC)C3CC(C)O[C@H](C)C3)[nH]2)ccc1-4. The van der Waals surface area contributed by atoms with Crippen LogP contribution in [0.15, 0.2) is 48.7 Å². The lowest BCUT2D eigenvalue weighted by Gasteiger charge is -2.39. The molecule has 3 aliphatic heterocycles. The van der Waals surface area contributed by atoms with Gasteiger partial charge in [0.05, 0.1) is 61.4 Å². The molecule has 3 aliphatic rings. The van der Waals surface area contributed by atoms with E-state index in [4.69, 9.17) is 28.9 Å². The summed E-state index contributed by atoms with van der Waals surface area (Å²) in [5, 5.41) is 7.61. The van der Waals surface area contributed by atoms with Crippen LogP contribution in [0.5, 0.6) is 5.75 Å². The van der Waals surface area contributed by atoms with Crippen molar-refractivity contribution in [2.45, 2.75) is 149 Å². The number of alkyl carbamates (subject to hydrolysis) is 2. The number of rotatable bonds is 13. The lowest BCUT2D eigenvalue weighted by Crippen LogP contribution is -2.55. The van der Waals surface area contributed by atoms with E-state index in [-0.39, 0.29) is 54.0 Å². The summed E-state index contributed by atoms with van der Waals surface area (Å²) in [5.74, 6) is 1.54. The number of carbonyl (C=O) groups excluding carboxylic acids is 4. The molecule has 4 amide bonds. The van der Waals surface area contributed by atoms with Crippen molar-refractivity contribution in [1.82, 2.24) is 40.4 Å². The van der Waals surface area contributed by atoms with Crippen molar-refractivity contribution >= 4 is 45.8 Å². The number of amides is 4. The first kappa shape index (κ1) is 47.3. The minimum absolute atomic E-state index is 0.0326. The maximum atomic E-state index is 14.5. The third-order valence-corrected chi connectivity index (χ3v) is 14.1. The molecule has 0 spiro atoms. The summed E-state index contributed by atoms with van der Waals surface area (Å²) in [5.41, 5.74) is 6.51. The van der Waals surface area contributed by atoms with Gasteiger partial charge in [0.2, 0.25) is 11.8 Å². The average Bonchev–Trinajstić information content (AvgIpc) is 4.07. The molecule has 0 radical (unpaired) electrons. The summed E-state index contributed by atoms with van der Waals surface area (Å²) < 4.78 is 22.3. The Kier molecular flexibility index (Phi) is 13.8. The predicted octanol–water partition coefficient (Wildman–Crippen LogP) is 9.10. The Bertz CT molecular complexity index is 2630. The highest BCUT2D eigenvalue weighted by molar-refractivity contribution is 6.07. The van der Waals surface area contributed by atoms with Crippen molar-refractivity contribution < 1.29 is 38.1 Å². The van der Waals surface area contributed by atoms with Gasteiger partial charge >= 0.3 is 12.2 Å². The summed E-state index contributed by atoms with van der Waals surface area (Å²) in [4.78, 5) is 74.3. The molecular formula is C51H66N8O8. The summed E-state index contributed by atoms with van der Waals surface area (Å²) in [6.07, 6.45) is 5.02. The molecule has 4 N–H and O–H groups in total. The Morgan fingerprint density at radius 3 is 2.34 bits per heavy atom. The van der Waals surface area contributed by atoms with Crippen LogP contribution >= 0.6 is 0 Å². The van der Waals surface area contributed by atoms with E-state index >= 15 is 0 Å². The smallest absolute Gasteiger partial charge is 0.407 e. The molecule has 0 saturated carbocycles. The number of nitrogens with one attached hydrogen (secondary N) is 4. The highest BCUT2D eigenvalue weighted by Crippen LogP contribution is 2.44. The third kappa shape index (κ3) is 9.41. The second-order valence-electron chi connectivity index (χ2n) is 19.2. The van der Waals surface area contributed by atoms with Gasteiger partial charge in [-0.3, -0.25) is 9.59 Å². The van der Waals surface area contributed by atoms with Crippen LogP contribution in [-0.4, -0.2) is 104 Å². The van der Waals surface area contributed by atoms with Gasteiger partial charge in [-0.05, 0) is 125 Å². The molecule has 9 atom stereocenters. The minimum atomic E-state index is -0.767. The number of aromatic nitrogens is 4. The van der Waals surface area contributed by atoms with Crippen molar-refractivity contribution in [3.05, 3.63) is 65.9 Å². The maximum absolute atomic E-state index is 14.5. The number of ether oxygens (including phenoxy) is 4. The van der Waals surface area contributed by atoms with Crippen LogP contribution in [-0.2, 0) is 30.4 Å². The van der Waals surface area contributed by atoms with Crippen molar-refractivity contribution in [3.8, 4) is 28.1 Å². The number of H-pyrrole nitrogens is 2. The average molecular weight is 919 g/mol. The van der Waals surface area contributed by atoms with E-state index in [1.807, 2.05) is 63.6 Å². The second kappa shape index (κ2) is 19.6. The Morgan fingerprint density at radius 2 is 1.64 bits per heavy atom. The number of hydrogen-bond acceptors (Lipinski definition) is 10. The number of carbonyl (C=O) groups is 4. The van der Waals surface area contributed by atoms with Gasteiger partial charge in [0.1, 0.15) is 36.1 Å². The van der Waals surface area contributed by atoms with Gasteiger partial charge in [-0.2, -0.15) is 0 Å². The molecule has 0 aliphatic carbocycles. The molecule has 16 heteroatoms. The molecule has 5 aromatic rings. The number of hydrogen-bond donors (Lipinski definition) is 4. The molecule has 0 bridgehead atoms. The first-order chi connectivity index (χ1) is 32.1. The van der Waals surface area contributed by atoms with E-state index in [0.717, 1.165) is 81.2 Å². The normalized spacial score (nSPS) is 22.0. The van der Waals surface area contributed by atoms with Crippen LogP contribution in [0.4, 0.5) is 9.59 Å². The number of aromatic amines is 2. The molecule has 5 heterocycles. The summed E-state index contributed by atoms with van der Waals surface area (Å²) >= 11 is 0. The molecule has 16 nitrogen and oxygen atoms in total. The third-order valence-electron chi connectivity index (χ3n) is 14.1. The zero-order valence-corrected chi connectivity index (χ0v) is 40.4. The number of fused-ring (bicyclic) bond motifs is 6. The first-order valence-electron chi connectivity index (χ1n) is 23.9. The van der Waals surface area contributed by atoms with Crippen LogP contribution in [0.1, 0.15) is 123 Å². The molecule has 2 fully saturated rings. The Hall–Kier alpha value is -6.16. The van der Waals surface area contributed by atoms with Crippen LogP contribution in [0.3, 0.4) is 0 Å². The predicted molar refractivity (Wildman–Crippen MR) is 255 cm³/mol. The first-order valence-corrected chi connectivity index (χ1v) is 23.9. The minimum Gasteiger partial charge on any atom is -0.488 e. The van der Waals surface area contributed by atoms with Gasteiger partial charge in [-0.25, -0.2) is 19.6 Å². The maximum Gasteiger partial charge on any atom is 0.407 e. The number of nitrogens with zero attached hydrogens (tertiary/aromatic N) is 4. The lowest BCUT2D eigenvalue weighted by molar-refractivity contribution is -0.141. The molecule has 358 valence electrons. The van der Waals surface area contributed by atoms with E-state index in [1.54, 1.807) is 0 Å². The second-order valence-corrected chi connectivity index (χ2v) is 19.2. The number of methoxy groups -OCH3 is 2. The topological polar surface area (TPSA) is 193 Å². The summed E-state index contributed by atoms with van der Waals surface area (Å²) in [7, 11) is 2.61. The van der Waals surface area contributed by atoms with Gasteiger partial charge < -0.3 is 49.3 Å². The fourth-order valence-electron chi connectivity index (χ4n) is 10.7. The summed E-state index contributed by atoms with van der Waals surface area (Å²) in [6.45, 7) is 16.3. The monoisotopic (exact) mass is 919 g/mol. The van der Waals surface area contributed by atoms with Gasteiger partial charge in [0, 0.05) is 23.0 Å². The molecular weight excluding hydrogens is 853 g/mol. The van der Waals surface area contributed by atoms with E-state index in [9.17, 15) is 19.2 Å².